The molecule has 0 bridgehead atoms. The molecule has 2 aromatic carbocycles. The molecule has 4 rings (SSSR count). The van der Waals surface area contributed by atoms with Crippen molar-refractivity contribution < 1.29 is 0 Å². The lowest BCUT2D eigenvalue weighted by Gasteiger charge is -2.35. The average molecular weight is 332 g/mol. The van der Waals surface area contributed by atoms with Gasteiger partial charge in [-0.15, -0.1) is 0 Å². The molecule has 1 aliphatic heterocycles. The van der Waals surface area contributed by atoms with E-state index in [4.69, 9.17) is 0 Å². The largest absolute Gasteiger partial charge is 0.354 e. The van der Waals surface area contributed by atoms with Crippen molar-refractivity contribution in [3.8, 4) is 11.3 Å². The van der Waals surface area contributed by atoms with Crippen LogP contribution < -0.4 is 0 Å². The van der Waals surface area contributed by atoms with E-state index in [-0.39, 0.29) is 0 Å². The molecule has 2 heteroatoms. The van der Waals surface area contributed by atoms with Crippen molar-refractivity contribution in [2.75, 3.05) is 13.1 Å². The number of benzene rings is 2. The van der Waals surface area contributed by atoms with Gasteiger partial charge < -0.3 is 9.88 Å². The van der Waals surface area contributed by atoms with Gasteiger partial charge in [0.2, 0.25) is 0 Å². The SMILES string of the molecule is CCC1CCCCN1CCc1c(-c2ccccc2)[nH]c2ccccc12. The van der Waals surface area contributed by atoms with Crippen LogP contribution in [0.3, 0.4) is 0 Å². The predicted molar refractivity (Wildman–Crippen MR) is 107 cm³/mol. The number of aromatic amines is 1. The molecule has 0 saturated carbocycles. The van der Waals surface area contributed by atoms with Crippen molar-refractivity contribution in [1.29, 1.82) is 0 Å². The third kappa shape index (κ3) is 3.36. The monoisotopic (exact) mass is 332 g/mol. The van der Waals surface area contributed by atoms with Crippen LogP contribution >= 0.6 is 0 Å². The second-order valence-electron chi connectivity index (χ2n) is 7.23. The Kier molecular flexibility index (Phi) is 4.89. The Morgan fingerprint density at radius 2 is 1.80 bits per heavy atom. The summed E-state index contributed by atoms with van der Waals surface area (Å²) in [5.41, 5.74) is 5.32. The van der Waals surface area contributed by atoms with Crippen molar-refractivity contribution in [1.82, 2.24) is 9.88 Å². The number of hydrogen-bond donors (Lipinski definition) is 1. The maximum absolute atomic E-state index is 3.67. The van der Waals surface area contributed by atoms with Crippen molar-refractivity contribution in [2.45, 2.75) is 45.1 Å². The van der Waals surface area contributed by atoms with Crippen LogP contribution in [0.1, 0.15) is 38.2 Å². The molecule has 1 aliphatic rings. The number of nitrogens with one attached hydrogen (secondary N) is 1. The minimum Gasteiger partial charge on any atom is -0.354 e. The van der Waals surface area contributed by atoms with Crippen molar-refractivity contribution in [3.63, 3.8) is 0 Å². The average Bonchev–Trinajstić information content (AvgIpc) is 3.06. The number of aromatic nitrogens is 1. The molecule has 1 unspecified atom stereocenters. The van der Waals surface area contributed by atoms with Gasteiger partial charge in [-0.2, -0.15) is 0 Å². The molecule has 0 aliphatic carbocycles. The zero-order valence-electron chi connectivity index (χ0n) is 15.2. The number of rotatable bonds is 5. The molecule has 25 heavy (non-hydrogen) atoms. The number of fused-ring (bicyclic) bond motifs is 1. The highest BCUT2D eigenvalue weighted by molar-refractivity contribution is 5.90. The van der Waals surface area contributed by atoms with Crippen molar-refractivity contribution in [2.24, 2.45) is 0 Å². The lowest BCUT2D eigenvalue weighted by molar-refractivity contribution is 0.146. The highest BCUT2D eigenvalue weighted by atomic mass is 15.2. The molecule has 2 heterocycles. The van der Waals surface area contributed by atoms with E-state index in [1.54, 1.807) is 0 Å². The molecule has 2 nitrogen and oxygen atoms in total. The summed E-state index contributed by atoms with van der Waals surface area (Å²) in [5, 5.41) is 1.38. The zero-order valence-corrected chi connectivity index (χ0v) is 15.2. The summed E-state index contributed by atoms with van der Waals surface area (Å²) < 4.78 is 0. The molecular weight excluding hydrogens is 304 g/mol. The van der Waals surface area contributed by atoms with E-state index in [9.17, 15) is 0 Å². The summed E-state index contributed by atoms with van der Waals surface area (Å²) in [6.07, 6.45) is 6.52. The Morgan fingerprint density at radius 1 is 1.00 bits per heavy atom. The first-order valence-corrected chi connectivity index (χ1v) is 9.76. The van der Waals surface area contributed by atoms with Gasteiger partial charge in [0, 0.05) is 29.2 Å². The van der Waals surface area contributed by atoms with Gasteiger partial charge in [-0.25, -0.2) is 0 Å². The second kappa shape index (κ2) is 7.45. The predicted octanol–water partition coefficient (Wildman–Crippen LogP) is 5.64. The van der Waals surface area contributed by atoms with Crippen LogP contribution in [0.25, 0.3) is 22.2 Å². The highest BCUT2D eigenvalue weighted by Gasteiger charge is 2.21. The van der Waals surface area contributed by atoms with Crippen LogP contribution in [0, 0.1) is 0 Å². The number of para-hydroxylation sites is 1. The molecule has 1 fully saturated rings. The molecule has 0 amide bonds. The first-order chi connectivity index (χ1) is 12.4. The Balaban J connectivity index is 1.66. The summed E-state index contributed by atoms with van der Waals surface area (Å²) >= 11 is 0. The van der Waals surface area contributed by atoms with Gasteiger partial charge in [-0.05, 0) is 49.4 Å². The lowest BCUT2D eigenvalue weighted by Crippen LogP contribution is -2.40. The third-order valence-corrected chi connectivity index (χ3v) is 5.75. The van der Waals surface area contributed by atoms with Crippen molar-refractivity contribution in [3.05, 3.63) is 60.2 Å². The standard InChI is InChI=1S/C23H28N2/c1-2-19-12-8-9-16-25(19)17-15-21-20-13-6-7-14-22(20)24-23(21)18-10-4-3-5-11-18/h3-7,10-11,13-14,19,24H,2,8-9,12,15-17H2,1H3. The fraction of sp³-hybridized carbons (Fsp3) is 0.391. The van der Waals surface area contributed by atoms with E-state index in [2.05, 4.69) is 71.4 Å². The van der Waals surface area contributed by atoms with E-state index in [0.717, 1.165) is 12.5 Å². The van der Waals surface area contributed by atoms with E-state index < -0.39 is 0 Å². The van der Waals surface area contributed by atoms with Crippen molar-refractivity contribution >= 4 is 10.9 Å². The molecule has 1 atom stereocenters. The van der Waals surface area contributed by atoms with Crippen LogP contribution in [-0.4, -0.2) is 29.0 Å². The first-order valence-electron chi connectivity index (χ1n) is 9.76. The molecule has 1 N–H and O–H groups in total. The molecule has 0 radical (unpaired) electrons. The summed E-state index contributed by atoms with van der Waals surface area (Å²) in [4.78, 5) is 6.40. The fourth-order valence-electron chi connectivity index (χ4n) is 4.38. The number of piperidine rings is 1. The molecule has 3 aromatic rings. The smallest absolute Gasteiger partial charge is 0.0497 e. The van der Waals surface area contributed by atoms with E-state index >= 15 is 0 Å². The number of nitrogens with zero attached hydrogens (tertiary/aromatic N) is 1. The number of hydrogen-bond acceptors (Lipinski definition) is 1. The Hall–Kier alpha value is -2.06. The van der Waals surface area contributed by atoms with Gasteiger partial charge in [0.1, 0.15) is 0 Å². The fourth-order valence-corrected chi connectivity index (χ4v) is 4.38. The maximum Gasteiger partial charge on any atom is 0.0497 e. The molecule has 0 spiro atoms. The molecule has 1 saturated heterocycles. The van der Waals surface area contributed by atoms with Crippen LogP contribution in [0.2, 0.25) is 0 Å². The Bertz CT molecular complexity index is 818. The van der Waals surface area contributed by atoms with E-state index in [1.807, 2.05) is 0 Å². The quantitative estimate of drug-likeness (QED) is 0.640. The zero-order chi connectivity index (χ0) is 17.1. The van der Waals surface area contributed by atoms with Gasteiger partial charge >= 0.3 is 0 Å². The normalized spacial score (nSPS) is 18.7. The van der Waals surface area contributed by atoms with Gasteiger partial charge in [0.05, 0.1) is 0 Å². The van der Waals surface area contributed by atoms with Gasteiger partial charge in [0.15, 0.2) is 0 Å². The first kappa shape index (κ1) is 16.4. The summed E-state index contributed by atoms with van der Waals surface area (Å²) in [7, 11) is 0. The Labute approximate surface area is 150 Å². The van der Waals surface area contributed by atoms with E-state index in [1.165, 1.54) is 66.5 Å². The number of H-pyrrole nitrogens is 1. The molecular formula is C23H28N2. The summed E-state index contributed by atoms with van der Waals surface area (Å²) in [5.74, 6) is 0. The minimum absolute atomic E-state index is 0.777. The summed E-state index contributed by atoms with van der Waals surface area (Å²) in [6, 6.07) is 20.3. The minimum atomic E-state index is 0.777. The van der Waals surface area contributed by atoms with E-state index in [0.29, 0.717) is 0 Å². The van der Waals surface area contributed by atoms with Crippen LogP contribution in [0.4, 0.5) is 0 Å². The number of likely N-dealkylation sites (tertiary alicyclic amines) is 1. The van der Waals surface area contributed by atoms with Crippen LogP contribution in [0.15, 0.2) is 54.6 Å². The lowest BCUT2D eigenvalue weighted by atomic mass is 9.98. The molecule has 1 aromatic heterocycles. The van der Waals surface area contributed by atoms with Crippen LogP contribution in [0.5, 0.6) is 0 Å². The maximum atomic E-state index is 3.67. The van der Waals surface area contributed by atoms with Gasteiger partial charge in [-0.3, -0.25) is 0 Å². The second-order valence-corrected chi connectivity index (χ2v) is 7.23. The van der Waals surface area contributed by atoms with Crippen LogP contribution in [-0.2, 0) is 6.42 Å². The molecule has 130 valence electrons. The highest BCUT2D eigenvalue weighted by Crippen LogP contribution is 2.31. The Morgan fingerprint density at radius 3 is 2.64 bits per heavy atom. The third-order valence-electron chi connectivity index (χ3n) is 5.75. The summed E-state index contributed by atoms with van der Waals surface area (Å²) in [6.45, 7) is 4.77. The van der Waals surface area contributed by atoms with Gasteiger partial charge in [-0.1, -0.05) is 61.9 Å². The van der Waals surface area contributed by atoms with Gasteiger partial charge in [0.25, 0.3) is 0 Å². The topological polar surface area (TPSA) is 19.0 Å².